The molecule has 1 N–H and O–H groups in total. The molecule has 0 saturated heterocycles. The molecule has 154 valence electrons. The second-order valence-electron chi connectivity index (χ2n) is 6.53. The van der Waals surface area contributed by atoms with E-state index in [4.69, 9.17) is 18.6 Å². The van der Waals surface area contributed by atoms with Crippen LogP contribution < -0.4 is 15.1 Å². The summed E-state index contributed by atoms with van der Waals surface area (Å²) in [6.07, 6.45) is 5.45. The molecule has 7 nitrogen and oxygen atoms in total. The zero-order valence-electron chi connectivity index (χ0n) is 16.5. The third kappa shape index (κ3) is 6.48. The maximum Gasteiger partial charge on any atom is 0.383 e. The van der Waals surface area contributed by atoms with Crippen molar-refractivity contribution >= 4 is 16.9 Å². The van der Waals surface area contributed by atoms with Crippen LogP contribution in [0.4, 0.5) is 0 Å². The van der Waals surface area contributed by atoms with Crippen molar-refractivity contribution in [3.05, 3.63) is 28.6 Å². The van der Waals surface area contributed by atoms with Gasteiger partial charge in [-0.2, -0.15) is 0 Å². The third-order valence-electron chi connectivity index (χ3n) is 4.17. The lowest BCUT2D eigenvalue weighted by Gasteiger charge is -2.10. The third-order valence-corrected chi connectivity index (χ3v) is 4.17. The van der Waals surface area contributed by atoms with E-state index in [1.165, 1.54) is 6.92 Å². The zero-order chi connectivity index (χ0) is 20.4. The molecule has 0 aliphatic rings. The minimum atomic E-state index is -0.709. The Hall–Kier alpha value is -2.70. The van der Waals surface area contributed by atoms with Crippen molar-refractivity contribution < 1.29 is 28.5 Å². The Bertz CT molecular complexity index is 825. The highest BCUT2D eigenvalue weighted by Gasteiger charge is 2.16. The summed E-state index contributed by atoms with van der Waals surface area (Å²) in [5.74, 6) is -0.136. The Morgan fingerprint density at radius 2 is 1.75 bits per heavy atom. The lowest BCUT2D eigenvalue weighted by Crippen LogP contribution is -2.08. The number of fused-ring (bicyclic) bond motifs is 1. The molecule has 0 saturated carbocycles. The summed E-state index contributed by atoms with van der Waals surface area (Å²) in [5, 5.41) is 10.8. The Kier molecular flexibility index (Phi) is 8.65. The Morgan fingerprint density at radius 1 is 1.04 bits per heavy atom. The molecule has 0 aliphatic carbocycles. The van der Waals surface area contributed by atoms with E-state index in [9.17, 15) is 14.7 Å². The van der Waals surface area contributed by atoms with E-state index in [0.717, 1.165) is 25.7 Å². The second-order valence-corrected chi connectivity index (χ2v) is 6.53. The maximum atomic E-state index is 12.1. The number of benzene rings is 1. The Morgan fingerprint density at radius 3 is 2.50 bits per heavy atom. The molecule has 28 heavy (non-hydrogen) atoms. The second kappa shape index (κ2) is 11.2. The normalized spacial score (nSPS) is 10.8. The van der Waals surface area contributed by atoms with Crippen LogP contribution in [0, 0.1) is 0 Å². The van der Waals surface area contributed by atoms with Crippen LogP contribution in [0.15, 0.2) is 27.4 Å². The fourth-order valence-electron chi connectivity index (χ4n) is 2.68. The number of unbranched alkanes of at least 4 members (excludes halogenated alkanes) is 4. The summed E-state index contributed by atoms with van der Waals surface area (Å²) >= 11 is 0. The van der Waals surface area contributed by atoms with Crippen LogP contribution in [0.25, 0.3) is 11.0 Å². The summed E-state index contributed by atoms with van der Waals surface area (Å²) in [4.78, 5) is 22.8. The fraction of sp³-hybridized carbons (Fsp3) is 0.524. The molecule has 7 heteroatoms. The predicted molar refractivity (Wildman–Crippen MR) is 105 cm³/mol. The van der Waals surface area contributed by atoms with Crippen LogP contribution in [0.3, 0.4) is 0 Å². The van der Waals surface area contributed by atoms with E-state index < -0.39 is 5.63 Å². The molecule has 1 heterocycles. The zero-order valence-corrected chi connectivity index (χ0v) is 16.5. The molecule has 2 aromatic rings. The molecule has 0 bridgehead atoms. The van der Waals surface area contributed by atoms with Gasteiger partial charge in [-0.25, -0.2) is 4.79 Å². The SMILES string of the molecule is CCCCCCOc1c(O)c2ccc(OCCCCOC(C)=O)cc2oc1=O. The van der Waals surface area contributed by atoms with Crippen molar-refractivity contribution in [3.63, 3.8) is 0 Å². The van der Waals surface area contributed by atoms with Crippen molar-refractivity contribution in [2.24, 2.45) is 0 Å². The van der Waals surface area contributed by atoms with Crippen molar-refractivity contribution in [2.45, 2.75) is 52.4 Å². The number of carbonyl (C=O) groups excluding carboxylic acids is 1. The van der Waals surface area contributed by atoms with E-state index in [1.54, 1.807) is 18.2 Å². The van der Waals surface area contributed by atoms with Crippen LogP contribution in [-0.2, 0) is 9.53 Å². The van der Waals surface area contributed by atoms with Gasteiger partial charge in [0.05, 0.1) is 25.2 Å². The first-order valence-electron chi connectivity index (χ1n) is 9.71. The molecular weight excluding hydrogens is 364 g/mol. The van der Waals surface area contributed by atoms with E-state index in [2.05, 4.69) is 6.92 Å². The number of esters is 1. The highest BCUT2D eigenvalue weighted by Crippen LogP contribution is 2.33. The molecule has 0 radical (unpaired) electrons. The van der Waals surface area contributed by atoms with E-state index >= 15 is 0 Å². The molecular formula is C21H28O7. The topological polar surface area (TPSA) is 95.2 Å². The van der Waals surface area contributed by atoms with Crippen molar-refractivity contribution in [3.8, 4) is 17.2 Å². The highest BCUT2D eigenvalue weighted by atomic mass is 16.5. The van der Waals surface area contributed by atoms with Gasteiger partial charge in [-0.3, -0.25) is 4.79 Å². The van der Waals surface area contributed by atoms with Crippen molar-refractivity contribution in [1.29, 1.82) is 0 Å². The summed E-state index contributed by atoms with van der Waals surface area (Å²) < 4.78 is 21.2. The van der Waals surface area contributed by atoms with Crippen molar-refractivity contribution in [1.82, 2.24) is 0 Å². The van der Waals surface area contributed by atoms with E-state index in [-0.39, 0.29) is 23.1 Å². The summed E-state index contributed by atoms with van der Waals surface area (Å²) in [6, 6.07) is 4.89. The standard InChI is InChI=1S/C21H28O7/c1-3-4-5-6-13-27-20-19(23)17-10-9-16(14-18(17)28-21(20)24)26-12-8-7-11-25-15(2)22/h9-10,14,23H,3-8,11-13H2,1-2H3. The average Bonchev–Trinajstić information content (AvgIpc) is 2.66. The smallest absolute Gasteiger partial charge is 0.383 e. The van der Waals surface area contributed by atoms with Gasteiger partial charge in [0.2, 0.25) is 5.75 Å². The summed E-state index contributed by atoms with van der Waals surface area (Å²) in [5.41, 5.74) is -0.475. The summed E-state index contributed by atoms with van der Waals surface area (Å²) in [7, 11) is 0. The lowest BCUT2D eigenvalue weighted by molar-refractivity contribution is -0.141. The lowest BCUT2D eigenvalue weighted by atomic mass is 10.2. The Balaban J connectivity index is 1.95. The van der Waals surface area contributed by atoms with Gasteiger partial charge >= 0.3 is 11.6 Å². The van der Waals surface area contributed by atoms with Crippen LogP contribution in [0.2, 0.25) is 0 Å². The van der Waals surface area contributed by atoms with E-state index in [0.29, 0.717) is 43.8 Å². The highest BCUT2D eigenvalue weighted by molar-refractivity contribution is 5.86. The van der Waals surface area contributed by atoms with Crippen molar-refractivity contribution in [2.75, 3.05) is 19.8 Å². The van der Waals surface area contributed by atoms with Gasteiger partial charge in [0.15, 0.2) is 5.75 Å². The largest absolute Gasteiger partial charge is 0.504 e. The molecule has 0 spiro atoms. The minimum Gasteiger partial charge on any atom is -0.504 e. The number of carbonyl (C=O) groups is 1. The molecule has 0 atom stereocenters. The molecule has 1 aromatic heterocycles. The molecule has 0 fully saturated rings. The van der Waals surface area contributed by atoms with Crippen LogP contribution >= 0.6 is 0 Å². The first-order chi connectivity index (χ1) is 13.5. The van der Waals surface area contributed by atoms with Crippen LogP contribution in [0.5, 0.6) is 17.2 Å². The number of hydrogen-bond acceptors (Lipinski definition) is 7. The quantitative estimate of drug-likeness (QED) is 0.329. The number of ether oxygens (including phenoxy) is 3. The average molecular weight is 392 g/mol. The maximum absolute atomic E-state index is 12.1. The molecule has 2 rings (SSSR count). The van der Waals surface area contributed by atoms with Gasteiger partial charge in [-0.05, 0) is 31.4 Å². The molecule has 1 aromatic carbocycles. The molecule has 0 aliphatic heterocycles. The van der Waals surface area contributed by atoms with Crippen LogP contribution in [-0.4, -0.2) is 30.9 Å². The van der Waals surface area contributed by atoms with Crippen LogP contribution in [0.1, 0.15) is 52.4 Å². The fourth-order valence-corrected chi connectivity index (χ4v) is 2.68. The van der Waals surface area contributed by atoms with Gasteiger partial charge in [0.1, 0.15) is 11.3 Å². The van der Waals surface area contributed by atoms with Gasteiger partial charge in [-0.15, -0.1) is 0 Å². The number of aromatic hydroxyl groups is 1. The predicted octanol–water partition coefficient (Wildman–Crippen LogP) is 4.18. The monoisotopic (exact) mass is 392 g/mol. The van der Waals surface area contributed by atoms with Gasteiger partial charge < -0.3 is 23.7 Å². The summed E-state index contributed by atoms with van der Waals surface area (Å²) in [6.45, 7) is 4.64. The van der Waals surface area contributed by atoms with Gasteiger partial charge in [0.25, 0.3) is 0 Å². The first-order valence-corrected chi connectivity index (χ1v) is 9.71. The first kappa shape index (κ1) is 21.6. The Labute approximate surface area is 164 Å². The van der Waals surface area contributed by atoms with Gasteiger partial charge in [0, 0.05) is 13.0 Å². The minimum absolute atomic E-state index is 0.150. The van der Waals surface area contributed by atoms with Gasteiger partial charge in [-0.1, -0.05) is 26.2 Å². The van der Waals surface area contributed by atoms with E-state index in [1.807, 2.05) is 0 Å². The molecule has 0 unspecified atom stereocenters. The molecule has 0 amide bonds. The number of hydrogen-bond donors (Lipinski definition) is 1. The number of rotatable bonds is 12.